The van der Waals surface area contributed by atoms with Gasteiger partial charge in [0.25, 0.3) is 0 Å². The molecule has 0 aliphatic carbocycles. The summed E-state index contributed by atoms with van der Waals surface area (Å²) in [5, 5.41) is 3.40. The summed E-state index contributed by atoms with van der Waals surface area (Å²) in [4.78, 5) is 2.15. The molecule has 5 heteroatoms. The second kappa shape index (κ2) is 9.28. The monoisotopic (exact) mass is 358 g/mol. The Labute approximate surface area is 136 Å². The van der Waals surface area contributed by atoms with Crippen LogP contribution in [0.2, 0.25) is 0 Å². The zero-order valence-electron chi connectivity index (χ0n) is 13.7. The van der Waals surface area contributed by atoms with Crippen LogP contribution in [0.5, 0.6) is 11.5 Å². The minimum atomic E-state index is 0.455. The summed E-state index contributed by atoms with van der Waals surface area (Å²) in [6, 6.07) is 4.57. The molecule has 0 aromatic heterocycles. The first-order chi connectivity index (χ1) is 9.93. The smallest absolute Gasteiger partial charge is 0.175 e. The summed E-state index contributed by atoms with van der Waals surface area (Å²) in [6.45, 7) is 6.77. The molecule has 0 atom stereocenters. The van der Waals surface area contributed by atoms with Gasteiger partial charge in [-0.25, -0.2) is 0 Å². The van der Waals surface area contributed by atoms with Gasteiger partial charge in [-0.05, 0) is 54.1 Å². The lowest BCUT2D eigenvalue weighted by Crippen LogP contribution is -2.21. The van der Waals surface area contributed by atoms with E-state index in [0.717, 1.165) is 35.5 Å². The van der Waals surface area contributed by atoms with E-state index >= 15 is 0 Å². The number of benzene rings is 1. The van der Waals surface area contributed by atoms with Crippen LogP contribution in [0.15, 0.2) is 16.6 Å². The predicted octanol–water partition coefficient (Wildman–Crippen LogP) is 3.29. The van der Waals surface area contributed by atoms with Crippen LogP contribution in [0.1, 0.15) is 25.8 Å². The Morgan fingerprint density at radius 2 is 2.00 bits per heavy atom. The second-order valence-electron chi connectivity index (χ2n) is 5.65. The molecular formula is C16H27BrN2O2. The molecule has 0 heterocycles. The SMILES string of the molecule is COc1cc(CNC(C)C)cc(Br)c1OCCCN(C)C. The lowest BCUT2D eigenvalue weighted by molar-refractivity contribution is 0.266. The van der Waals surface area contributed by atoms with E-state index in [9.17, 15) is 0 Å². The lowest BCUT2D eigenvalue weighted by atomic mass is 10.2. The largest absolute Gasteiger partial charge is 0.493 e. The van der Waals surface area contributed by atoms with E-state index in [4.69, 9.17) is 9.47 Å². The predicted molar refractivity (Wildman–Crippen MR) is 91.3 cm³/mol. The number of hydrogen-bond acceptors (Lipinski definition) is 4. The van der Waals surface area contributed by atoms with Gasteiger partial charge in [-0.1, -0.05) is 13.8 Å². The van der Waals surface area contributed by atoms with Crippen molar-refractivity contribution >= 4 is 15.9 Å². The molecule has 0 aliphatic rings. The van der Waals surface area contributed by atoms with Crippen molar-refractivity contribution in [1.29, 1.82) is 0 Å². The highest BCUT2D eigenvalue weighted by molar-refractivity contribution is 9.10. The second-order valence-corrected chi connectivity index (χ2v) is 6.50. The highest BCUT2D eigenvalue weighted by Gasteiger charge is 2.12. The van der Waals surface area contributed by atoms with E-state index < -0.39 is 0 Å². The van der Waals surface area contributed by atoms with Gasteiger partial charge in [-0.15, -0.1) is 0 Å². The number of rotatable bonds is 9. The van der Waals surface area contributed by atoms with Gasteiger partial charge in [-0.2, -0.15) is 0 Å². The van der Waals surface area contributed by atoms with Crippen LogP contribution in [0, 0.1) is 0 Å². The summed E-state index contributed by atoms with van der Waals surface area (Å²) in [7, 11) is 5.80. The van der Waals surface area contributed by atoms with E-state index in [2.05, 4.69) is 60.2 Å². The average molecular weight is 359 g/mol. The molecule has 0 saturated heterocycles. The van der Waals surface area contributed by atoms with Crippen molar-refractivity contribution in [3.63, 3.8) is 0 Å². The molecule has 21 heavy (non-hydrogen) atoms. The molecule has 1 N–H and O–H groups in total. The maximum Gasteiger partial charge on any atom is 0.175 e. The summed E-state index contributed by atoms with van der Waals surface area (Å²) < 4.78 is 12.3. The van der Waals surface area contributed by atoms with Gasteiger partial charge in [0.1, 0.15) is 0 Å². The first-order valence-electron chi connectivity index (χ1n) is 7.31. The number of ether oxygens (including phenoxy) is 2. The van der Waals surface area contributed by atoms with Crippen molar-refractivity contribution in [1.82, 2.24) is 10.2 Å². The molecule has 4 nitrogen and oxygen atoms in total. The number of hydrogen-bond donors (Lipinski definition) is 1. The normalized spacial score (nSPS) is 11.2. The molecule has 120 valence electrons. The summed E-state index contributed by atoms with van der Waals surface area (Å²) >= 11 is 3.58. The van der Waals surface area contributed by atoms with Crippen LogP contribution >= 0.6 is 15.9 Å². The van der Waals surface area contributed by atoms with Gasteiger partial charge in [0, 0.05) is 19.1 Å². The zero-order chi connectivity index (χ0) is 15.8. The highest BCUT2D eigenvalue weighted by atomic mass is 79.9. The first kappa shape index (κ1) is 18.3. The Kier molecular flexibility index (Phi) is 8.07. The van der Waals surface area contributed by atoms with Crippen molar-refractivity contribution in [2.24, 2.45) is 0 Å². The minimum Gasteiger partial charge on any atom is -0.493 e. The molecule has 0 amide bonds. The Bertz CT molecular complexity index is 437. The molecule has 0 aliphatic heterocycles. The summed E-state index contributed by atoms with van der Waals surface area (Å²) in [6.07, 6.45) is 0.985. The Hall–Kier alpha value is -0.780. The summed E-state index contributed by atoms with van der Waals surface area (Å²) in [5.41, 5.74) is 1.17. The van der Waals surface area contributed by atoms with Gasteiger partial charge in [0.2, 0.25) is 0 Å². The quantitative estimate of drug-likeness (QED) is 0.686. The van der Waals surface area contributed by atoms with E-state index in [1.165, 1.54) is 5.56 Å². The molecule has 1 rings (SSSR count). The fourth-order valence-electron chi connectivity index (χ4n) is 1.89. The Morgan fingerprint density at radius 3 is 2.57 bits per heavy atom. The topological polar surface area (TPSA) is 33.7 Å². The van der Waals surface area contributed by atoms with Crippen molar-refractivity contribution in [2.75, 3.05) is 34.4 Å². The molecule has 0 fully saturated rings. The third-order valence-electron chi connectivity index (χ3n) is 3.00. The van der Waals surface area contributed by atoms with Crippen LogP contribution in [0.25, 0.3) is 0 Å². The molecule has 1 aromatic carbocycles. The Balaban J connectivity index is 2.70. The van der Waals surface area contributed by atoms with Crippen LogP contribution in [0.4, 0.5) is 0 Å². The maximum atomic E-state index is 5.87. The zero-order valence-corrected chi connectivity index (χ0v) is 15.3. The fraction of sp³-hybridized carbons (Fsp3) is 0.625. The highest BCUT2D eigenvalue weighted by Crippen LogP contribution is 2.36. The standard InChI is InChI=1S/C16H27BrN2O2/c1-12(2)18-11-13-9-14(17)16(15(10-13)20-5)21-8-6-7-19(3)4/h9-10,12,18H,6-8,11H2,1-5H3. The number of nitrogens with one attached hydrogen (secondary N) is 1. The van der Waals surface area contributed by atoms with E-state index in [0.29, 0.717) is 12.6 Å². The van der Waals surface area contributed by atoms with E-state index in [1.54, 1.807) is 7.11 Å². The minimum absolute atomic E-state index is 0.455. The van der Waals surface area contributed by atoms with Gasteiger partial charge < -0.3 is 19.7 Å². The van der Waals surface area contributed by atoms with Crippen molar-refractivity contribution in [3.05, 3.63) is 22.2 Å². The van der Waals surface area contributed by atoms with Gasteiger partial charge in [0.15, 0.2) is 11.5 Å². The van der Waals surface area contributed by atoms with Crippen LogP contribution in [0.3, 0.4) is 0 Å². The van der Waals surface area contributed by atoms with Gasteiger partial charge >= 0.3 is 0 Å². The first-order valence-corrected chi connectivity index (χ1v) is 8.10. The lowest BCUT2D eigenvalue weighted by Gasteiger charge is -2.16. The Morgan fingerprint density at radius 1 is 1.29 bits per heavy atom. The average Bonchev–Trinajstić information content (AvgIpc) is 2.42. The van der Waals surface area contributed by atoms with Crippen molar-refractivity contribution < 1.29 is 9.47 Å². The van der Waals surface area contributed by atoms with Crippen LogP contribution in [-0.4, -0.2) is 45.3 Å². The third kappa shape index (κ3) is 6.68. The molecule has 0 unspecified atom stereocenters. The molecule has 0 bridgehead atoms. The maximum absolute atomic E-state index is 5.87. The van der Waals surface area contributed by atoms with Crippen molar-refractivity contribution in [2.45, 2.75) is 32.9 Å². The molecule has 1 aromatic rings. The number of halogens is 1. The number of methoxy groups -OCH3 is 1. The molecule has 0 saturated carbocycles. The van der Waals surface area contributed by atoms with Gasteiger partial charge in [0.05, 0.1) is 18.2 Å². The number of nitrogens with zero attached hydrogens (tertiary/aromatic N) is 1. The molecule has 0 radical (unpaired) electrons. The summed E-state index contributed by atoms with van der Waals surface area (Å²) in [5.74, 6) is 1.55. The van der Waals surface area contributed by atoms with Crippen molar-refractivity contribution in [3.8, 4) is 11.5 Å². The molecule has 0 spiro atoms. The fourth-order valence-corrected chi connectivity index (χ4v) is 2.50. The van der Waals surface area contributed by atoms with Crippen LogP contribution < -0.4 is 14.8 Å². The van der Waals surface area contributed by atoms with Crippen LogP contribution in [-0.2, 0) is 6.54 Å². The van der Waals surface area contributed by atoms with E-state index in [-0.39, 0.29) is 0 Å². The van der Waals surface area contributed by atoms with Gasteiger partial charge in [-0.3, -0.25) is 0 Å². The van der Waals surface area contributed by atoms with E-state index in [1.807, 2.05) is 6.07 Å². The third-order valence-corrected chi connectivity index (χ3v) is 3.59. The molecular weight excluding hydrogens is 332 g/mol.